The largest absolute Gasteiger partial charge is 0.309 e. The van der Waals surface area contributed by atoms with Crippen molar-refractivity contribution in [3.05, 3.63) is 231 Å². The van der Waals surface area contributed by atoms with Gasteiger partial charge in [0, 0.05) is 32.7 Å². The summed E-state index contributed by atoms with van der Waals surface area (Å²) in [6, 6.07) is 84.3. The van der Waals surface area contributed by atoms with Crippen LogP contribution in [0.3, 0.4) is 0 Å². The van der Waals surface area contributed by atoms with Gasteiger partial charge in [0.05, 0.1) is 33.8 Å². The Morgan fingerprint density at radius 3 is 1.38 bits per heavy atom. The number of anilines is 3. The van der Waals surface area contributed by atoms with Crippen LogP contribution in [0.4, 0.5) is 17.1 Å². The molecule has 0 unspecified atom stereocenters. The Kier molecular flexibility index (Phi) is 7.89. The summed E-state index contributed by atoms with van der Waals surface area (Å²) in [6.45, 7) is 0. The lowest BCUT2D eigenvalue weighted by molar-refractivity contribution is 1.20. The maximum Gasteiger partial charge on any atom is 0.0541 e. The number of rotatable bonds is 7. The fourth-order valence-corrected chi connectivity index (χ4v) is 9.75. The fourth-order valence-electron chi connectivity index (χ4n) is 9.75. The summed E-state index contributed by atoms with van der Waals surface area (Å²) in [5.41, 5.74) is 14.1. The third-order valence-corrected chi connectivity index (χ3v) is 12.4. The van der Waals surface area contributed by atoms with Crippen molar-refractivity contribution in [2.24, 2.45) is 0 Å². The van der Waals surface area contributed by atoms with Crippen LogP contribution in [0.5, 0.6) is 0 Å². The molecule has 12 aromatic rings. The van der Waals surface area contributed by atoms with Gasteiger partial charge >= 0.3 is 0 Å². The second kappa shape index (κ2) is 13.9. The van der Waals surface area contributed by atoms with Gasteiger partial charge in [0.1, 0.15) is 0 Å². The molecule has 0 saturated carbocycles. The molecule has 0 fully saturated rings. The van der Waals surface area contributed by atoms with E-state index in [0.29, 0.717) is 0 Å². The van der Waals surface area contributed by atoms with Gasteiger partial charge in [-0.3, -0.25) is 0 Å². The summed E-state index contributed by atoms with van der Waals surface area (Å²) in [4.78, 5) is 2.51. The average Bonchev–Trinajstić information content (AvgIpc) is 3.66. The predicted molar refractivity (Wildman–Crippen MR) is 255 cm³/mol. The summed E-state index contributed by atoms with van der Waals surface area (Å²) in [5, 5.41) is 9.99. The summed E-state index contributed by atoms with van der Waals surface area (Å²) >= 11 is 0. The van der Waals surface area contributed by atoms with Gasteiger partial charge in [-0.15, -0.1) is 0 Å². The molecule has 0 radical (unpaired) electrons. The summed E-state index contributed by atoms with van der Waals surface area (Å²) in [5.74, 6) is 0. The van der Waals surface area contributed by atoms with E-state index in [1.54, 1.807) is 0 Å². The quantitative estimate of drug-likeness (QED) is 0.147. The first-order chi connectivity index (χ1) is 29.8. The first-order valence-corrected chi connectivity index (χ1v) is 20.7. The maximum absolute atomic E-state index is 2.51. The average molecular weight is 763 g/mol. The van der Waals surface area contributed by atoms with Gasteiger partial charge in [0.2, 0.25) is 0 Å². The lowest BCUT2D eigenvalue weighted by Crippen LogP contribution is -2.13. The Morgan fingerprint density at radius 2 is 0.717 bits per heavy atom. The lowest BCUT2D eigenvalue weighted by Gasteiger charge is -2.31. The summed E-state index contributed by atoms with van der Waals surface area (Å²) in [7, 11) is 0. The topological polar surface area (TPSA) is 8.17 Å². The van der Waals surface area contributed by atoms with Crippen LogP contribution >= 0.6 is 0 Å². The number of hydrogen-bond acceptors (Lipinski definition) is 1. The van der Waals surface area contributed by atoms with Crippen molar-refractivity contribution in [3.8, 4) is 39.1 Å². The first-order valence-electron chi connectivity index (χ1n) is 20.7. The molecule has 0 atom stereocenters. The van der Waals surface area contributed by atoms with Crippen molar-refractivity contribution in [3.63, 3.8) is 0 Å². The molecule has 60 heavy (non-hydrogen) atoms. The first kappa shape index (κ1) is 34.1. The van der Waals surface area contributed by atoms with E-state index >= 15 is 0 Å². The molecule has 0 aliphatic heterocycles. The number of fused-ring (bicyclic) bond motifs is 3. The van der Waals surface area contributed by atoms with Crippen molar-refractivity contribution < 1.29 is 0 Å². The molecule has 0 aliphatic carbocycles. The summed E-state index contributed by atoms with van der Waals surface area (Å²) in [6.07, 6.45) is 0. The molecule has 12 rings (SSSR count). The van der Waals surface area contributed by atoms with Crippen molar-refractivity contribution >= 4 is 71.2 Å². The van der Waals surface area contributed by atoms with E-state index in [1.807, 2.05) is 0 Å². The Labute approximate surface area is 348 Å². The molecule has 0 aliphatic rings. The van der Waals surface area contributed by atoms with Crippen LogP contribution in [-0.4, -0.2) is 4.57 Å². The fraction of sp³-hybridized carbons (Fsp3) is 0. The van der Waals surface area contributed by atoms with E-state index in [9.17, 15) is 0 Å². The van der Waals surface area contributed by atoms with E-state index in [1.165, 1.54) is 93.2 Å². The predicted octanol–water partition coefficient (Wildman–Crippen LogP) is 16.2. The standard InChI is InChI=1S/C58H38N2/c1-3-17-39(18-4-1)43-21-7-8-23-45(43)46-24-10-14-28-52(46)59(51-27-13-9-22-44(51)40-19-5-2-6-20-40)55-37-33-41-32-36-50-56(38-34-42-31-35-49(55)57(41)58(42)50)60-53-29-15-11-25-47(53)48-26-12-16-30-54(48)60/h1-38H. The van der Waals surface area contributed by atoms with Crippen LogP contribution in [0.15, 0.2) is 231 Å². The third-order valence-electron chi connectivity index (χ3n) is 12.4. The zero-order valence-corrected chi connectivity index (χ0v) is 32.8. The molecule has 0 bridgehead atoms. The Hall–Kier alpha value is -7.94. The van der Waals surface area contributed by atoms with Crippen molar-refractivity contribution in [1.82, 2.24) is 4.57 Å². The van der Waals surface area contributed by atoms with E-state index in [0.717, 1.165) is 17.1 Å². The number of nitrogens with zero attached hydrogens (tertiary/aromatic N) is 2. The molecule has 1 heterocycles. The van der Waals surface area contributed by atoms with Crippen LogP contribution in [0.1, 0.15) is 0 Å². The Morgan fingerprint density at radius 1 is 0.267 bits per heavy atom. The second-order valence-corrected chi connectivity index (χ2v) is 15.6. The normalized spacial score (nSPS) is 11.7. The van der Waals surface area contributed by atoms with Gasteiger partial charge < -0.3 is 9.47 Å². The minimum Gasteiger partial charge on any atom is -0.309 e. The highest BCUT2D eigenvalue weighted by Gasteiger charge is 2.25. The molecule has 280 valence electrons. The van der Waals surface area contributed by atoms with Crippen molar-refractivity contribution in [2.45, 2.75) is 0 Å². The molecule has 0 N–H and O–H groups in total. The van der Waals surface area contributed by atoms with Gasteiger partial charge in [0.15, 0.2) is 0 Å². The van der Waals surface area contributed by atoms with E-state index < -0.39 is 0 Å². The second-order valence-electron chi connectivity index (χ2n) is 15.6. The minimum atomic E-state index is 1.12. The van der Waals surface area contributed by atoms with E-state index in [4.69, 9.17) is 0 Å². The van der Waals surface area contributed by atoms with Crippen molar-refractivity contribution in [1.29, 1.82) is 0 Å². The molecule has 0 amide bonds. The molecule has 2 nitrogen and oxygen atoms in total. The third kappa shape index (κ3) is 5.28. The van der Waals surface area contributed by atoms with Crippen LogP contribution < -0.4 is 4.90 Å². The number of aromatic nitrogens is 1. The lowest BCUT2D eigenvalue weighted by atomic mass is 9.90. The maximum atomic E-state index is 2.51. The molecular formula is C58H38N2. The summed E-state index contributed by atoms with van der Waals surface area (Å²) < 4.78 is 2.46. The SMILES string of the molecule is c1ccc(-c2ccccc2-c2ccccc2N(c2ccccc2-c2ccccc2)c2ccc3ccc4c(-n5c6ccccc6c6ccccc65)ccc5ccc2c3c54)cc1. The van der Waals surface area contributed by atoms with Gasteiger partial charge in [-0.2, -0.15) is 0 Å². The van der Waals surface area contributed by atoms with E-state index in [-0.39, 0.29) is 0 Å². The highest BCUT2D eigenvalue weighted by molar-refractivity contribution is 6.28. The highest BCUT2D eigenvalue weighted by Crippen LogP contribution is 2.50. The Balaban J connectivity index is 1.16. The van der Waals surface area contributed by atoms with Crippen LogP contribution in [-0.2, 0) is 0 Å². The van der Waals surface area contributed by atoms with Gasteiger partial charge in [-0.25, -0.2) is 0 Å². The monoisotopic (exact) mass is 762 g/mol. The van der Waals surface area contributed by atoms with E-state index in [2.05, 4.69) is 240 Å². The number of hydrogen-bond donors (Lipinski definition) is 0. The highest BCUT2D eigenvalue weighted by atomic mass is 15.1. The molecule has 2 heteroatoms. The molecule has 11 aromatic carbocycles. The molecule has 0 spiro atoms. The Bertz CT molecular complexity index is 3490. The minimum absolute atomic E-state index is 1.12. The molecule has 0 saturated heterocycles. The zero-order chi connectivity index (χ0) is 39.6. The number of benzene rings is 11. The smallest absolute Gasteiger partial charge is 0.0541 e. The number of para-hydroxylation sites is 4. The van der Waals surface area contributed by atoms with Crippen LogP contribution in [0.2, 0.25) is 0 Å². The van der Waals surface area contributed by atoms with Gasteiger partial charge in [0.25, 0.3) is 0 Å². The molecule has 1 aromatic heterocycles. The van der Waals surface area contributed by atoms with Gasteiger partial charge in [-0.1, -0.05) is 194 Å². The van der Waals surface area contributed by atoms with Crippen LogP contribution in [0.25, 0.3) is 93.2 Å². The van der Waals surface area contributed by atoms with Crippen molar-refractivity contribution in [2.75, 3.05) is 4.90 Å². The zero-order valence-electron chi connectivity index (χ0n) is 32.8. The molecular weight excluding hydrogens is 725 g/mol. The van der Waals surface area contributed by atoms with Gasteiger partial charge in [-0.05, 0) is 80.2 Å². The van der Waals surface area contributed by atoms with Crippen LogP contribution in [0, 0.1) is 0 Å².